The molecule has 1 heterocycles. The van der Waals surface area contributed by atoms with Gasteiger partial charge in [-0.1, -0.05) is 12.1 Å². The van der Waals surface area contributed by atoms with E-state index in [0.717, 1.165) is 30.1 Å². The highest BCUT2D eigenvalue weighted by Gasteiger charge is 2.06. The molecule has 2 aromatic rings. The lowest BCUT2D eigenvalue weighted by Gasteiger charge is -2.16. The van der Waals surface area contributed by atoms with Crippen molar-refractivity contribution in [3.05, 3.63) is 24.3 Å². The number of rotatable bonds is 3. The number of imidazole rings is 1. The third kappa shape index (κ3) is 2.23. The number of benzene rings is 1. The molecule has 1 N–H and O–H groups in total. The number of halogens is 1. The fraction of sp³-hybridized carbons (Fsp3) is 0.364. The lowest BCUT2D eigenvalue weighted by atomic mass is 10.3. The maximum absolute atomic E-state index is 4.53. The van der Waals surface area contributed by atoms with Crippen molar-refractivity contribution in [2.24, 2.45) is 0 Å². The number of aromatic nitrogens is 2. The Labute approximate surface area is 95.9 Å². The van der Waals surface area contributed by atoms with Crippen molar-refractivity contribution in [1.29, 1.82) is 0 Å². The Morgan fingerprint density at radius 1 is 1.20 bits per heavy atom. The van der Waals surface area contributed by atoms with E-state index in [1.165, 1.54) is 0 Å². The van der Waals surface area contributed by atoms with Crippen LogP contribution in [0.1, 0.15) is 13.8 Å². The quantitative estimate of drug-likeness (QED) is 0.871. The summed E-state index contributed by atoms with van der Waals surface area (Å²) in [7, 11) is 0. The number of para-hydroxylation sites is 2. The second-order valence-corrected chi connectivity index (χ2v) is 3.25. The van der Waals surface area contributed by atoms with Crippen molar-refractivity contribution in [3.8, 4) is 0 Å². The summed E-state index contributed by atoms with van der Waals surface area (Å²) in [5.74, 6) is 0.969. The Morgan fingerprint density at radius 3 is 2.47 bits per heavy atom. The number of fused-ring (bicyclic) bond motifs is 1. The molecule has 1 aromatic carbocycles. The summed E-state index contributed by atoms with van der Waals surface area (Å²) in [6.07, 6.45) is 0. The van der Waals surface area contributed by atoms with Crippen LogP contribution in [0.5, 0.6) is 0 Å². The third-order valence-corrected chi connectivity index (χ3v) is 2.44. The summed E-state index contributed by atoms with van der Waals surface area (Å²) in [5.41, 5.74) is 2.14. The molecule has 15 heavy (non-hydrogen) atoms. The van der Waals surface area contributed by atoms with Crippen molar-refractivity contribution < 1.29 is 0 Å². The van der Waals surface area contributed by atoms with Gasteiger partial charge in [0.1, 0.15) is 0 Å². The van der Waals surface area contributed by atoms with Gasteiger partial charge in [0.15, 0.2) is 0 Å². The van der Waals surface area contributed by atoms with Crippen LogP contribution in [-0.2, 0) is 0 Å². The van der Waals surface area contributed by atoms with Crippen molar-refractivity contribution in [2.45, 2.75) is 13.8 Å². The van der Waals surface area contributed by atoms with Gasteiger partial charge in [0.2, 0.25) is 5.95 Å². The predicted octanol–water partition coefficient (Wildman–Crippen LogP) is 2.83. The Hall–Kier alpha value is -1.22. The second kappa shape index (κ2) is 5.03. The van der Waals surface area contributed by atoms with E-state index in [1.54, 1.807) is 0 Å². The lowest BCUT2D eigenvalue weighted by Crippen LogP contribution is -2.22. The fourth-order valence-electron chi connectivity index (χ4n) is 1.61. The Bertz CT molecular complexity index is 387. The van der Waals surface area contributed by atoms with Gasteiger partial charge in [0.25, 0.3) is 0 Å². The predicted molar refractivity (Wildman–Crippen MR) is 66.9 cm³/mol. The summed E-state index contributed by atoms with van der Waals surface area (Å²) >= 11 is 0. The molecule has 0 saturated heterocycles. The summed E-state index contributed by atoms with van der Waals surface area (Å²) in [4.78, 5) is 10.0. The normalized spacial score (nSPS) is 10.0. The molecule has 0 fully saturated rings. The SMILES string of the molecule is CCN(CC)c1nc2ccccc2[nH]1.Cl. The average Bonchev–Trinajstić information content (AvgIpc) is 2.63. The Balaban J connectivity index is 0.00000112. The molecule has 1 aromatic heterocycles. The first-order valence-electron chi connectivity index (χ1n) is 5.04. The number of hydrogen-bond donors (Lipinski definition) is 1. The van der Waals surface area contributed by atoms with Crippen molar-refractivity contribution in [1.82, 2.24) is 9.97 Å². The molecular formula is C11H16ClN3. The number of nitrogens with one attached hydrogen (secondary N) is 1. The molecule has 0 amide bonds. The first kappa shape index (κ1) is 11.9. The average molecular weight is 226 g/mol. The summed E-state index contributed by atoms with van der Waals surface area (Å²) in [6, 6.07) is 8.11. The van der Waals surface area contributed by atoms with E-state index in [0.29, 0.717) is 0 Å². The minimum absolute atomic E-state index is 0. The lowest BCUT2D eigenvalue weighted by molar-refractivity contribution is 0.835. The van der Waals surface area contributed by atoms with E-state index in [2.05, 4.69) is 34.8 Å². The van der Waals surface area contributed by atoms with Crippen LogP contribution in [0.15, 0.2) is 24.3 Å². The van der Waals surface area contributed by atoms with Gasteiger partial charge in [-0.05, 0) is 26.0 Å². The number of hydrogen-bond acceptors (Lipinski definition) is 2. The Morgan fingerprint density at radius 2 is 1.87 bits per heavy atom. The van der Waals surface area contributed by atoms with Crippen LogP contribution in [0.3, 0.4) is 0 Å². The third-order valence-electron chi connectivity index (χ3n) is 2.44. The van der Waals surface area contributed by atoms with Gasteiger partial charge in [-0.15, -0.1) is 12.4 Å². The number of nitrogens with zero attached hydrogens (tertiary/aromatic N) is 2. The van der Waals surface area contributed by atoms with Gasteiger partial charge in [0, 0.05) is 13.1 Å². The molecule has 0 bridgehead atoms. The zero-order chi connectivity index (χ0) is 9.97. The molecule has 0 aliphatic heterocycles. The fourth-order valence-corrected chi connectivity index (χ4v) is 1.61. The van der Waals surface area contributed by atoms with Crippen LogP contribution in [0.4, 0.5) is 5.95 Å². The number of H-pyrrole nitrogens is 1. The van der Waals surface area contributed by atoms with Crippen LogP contribution in [0, 0.1) is 0 Å². The van der Waals surface area contributed by atoms with Crippen LogP contribution >= 0.6 is 12.4 Å². The molecular weight excluding hydrogens is 210 g/mol. The van der Waals surface area contributed by atoms with E-state index in [9.17, 15) is 0 Å². The maximum atomic E-state index is 4.53. The zero-order valence-corrected chi connectivity index (χ0v) is 9.84. The maximum Gasteiger partial charge on any atom is 0.203 e. The van der Waals surface area contributed by atoms with Gasteiger partial charge < -0.3 is 9.88 Å². The van der Waals surface area contributed by atoms with Gasteiger partial charge in [-0.3, -0.25) is 0 Å². The Kier molecular flexibility index (Phi) is 3.97. The first-order chi connectivity index (χ1) is 6.85. The van der Waals surface area contributed by atoms with Crippen molar-refractivity contribution >= 4 is 29.4 Å². The molecule has 0 radical (unpaired) electrons. The van der Waals surface area contributed by atoms with E-state index in [4.69, 9.17) is 0 Å². The first-order valence-corrected chi connectivity index (χ1v) is 5.04. The molecule has 0 saturated carbocycles. The van der Waals surface area contributed by atoms with Crippen LogP contribution in [0.25, 0.3) is 11.0 Å². The summed E-state index contributed by atoms with van der Waals surface area (Å²) in [6.45, 7) is 6.24. The van der Waals surface area contributed by atoms with E-state index >= 15 is 0 Å². The standard InChI is InChI=1S/C11H15N3.ClH/c1-3-14(4-2)11-12-9-7-5-6-8-10(9)13-11;/h5-8H,3-4H2,1-2H3,(H,12,13);1H. The molecule has 0 aliphatic carbocycles. The van der Waals surface area contributed by atoms with Gasteiger partial charge in [-0.25, -0.2) is 4.98 Å². The topological polar surface area (TPSA) is 31.9 Å². The molecule has 2 rings (SSSR count). The summed E-state index contributed by atoms with van der Waals surface area (Å²) in [5, 5.41) is 0. The van der Waals surface area contributed by atoms with E-state index in [1.807, 2.05) is 18.2 Å². The number of aromatic amines is 1. The van der Waals surface area contributed by atoms with Gasteiger partial charge >= 0.3 is 0 Å². The van der Waals surface area contributed by atoms with E-state index in [-0.39, 0.29) is 12.4 Å². The van der Waals surface area contributed by atoms with Crippen LogP contribution in [-0.4, -0.2) is 23.1 Å². The highest BCUT2D eigenvalue weighted by atomic mass is 35.5. The van der Waals surface area contributed by atoms with Crippen LogP contribution in [0.2, 0.25) is 0 Å². The smallest absolute Gasteiger partial charge is 0.203 e. The highest BCUT2D eigenvalue weighted by molar-refractivity contribution is 5.85. The van der Waals surface area contributed by atoms with Gasteiger partial charge in [-0.2, -0.15) is 0 Å². The highest BCUT2D eigenvalue weighted by Crippen LogP contribution is 2.16. The monoisotopic (exact) mass is 225 g/mol. The number of anilines is 1. The molecule has 0 unspecified atom stereocenters. The van der Waals surface area contributed by atoms with Crippen molar-refractivity contribution in [2.75, 3.05) is 18.0 Å². The largest absolute Gasteiger partial charge is 0.343 e. The molecule has 0 aliphatic rings. The summed E-state index contributed by atoms with van der Waals surface area (Å²) < 4.78 is 0. The van der Waals surface area contributed by atoms with Crippen LogP contribution < -0.4 is 4.90 Å². The molecule has 0 spiro atoms. The molecule has 82 valence electrons. The van der Waals surface area contributed by atoms with E-state index < -0.39 is 0 Å². The van der Waals surface area contributed by atoms with Gasteiger partial charge in [0.05, 0.1) is 11.0 Å². The molecule has 4 heteroatoms. The molecule has 3 nitrogen and oxygen atoms in total. The zero-order valence-electron chi connectivity index (χ0n) is 9.03. The molecule has 0 atom stereocenters. The minimum atomic E-state index is 0. The second-order valence-electron chi connectivity index (χ2n) is 3.25. The van der Waals surface area contributed by atoms with Crippen molar-refractivity contribution in [3.63, 3.8) is 0 Å². The minimum Gasteiger partial charge on any atom is -0.343 e.